The van der Waals surface area contributed by atoms with Crippen molar-refractivity contribution < 1.29 is 77.4 Å². The van der Waals surface area contributed by atoms with Crippen LogP contribution in [0.5, 0.6) is 0 Å². The third kappa shape index (κ3) is 20.5. The van der Waals surface area contributed by atoms with Crippen LogP contribution >= 0.6 is 0 Å². The van der Waals surface area contributed by atoms with Crippen molar-refractivity contribution in [3.05, 3.63) is 77.9 Å². The van der Waals surface area contributed by atoms with Gasteiger partial charge >= 0.3 is 18.2 Å². The number of aliphatic hydroxyl groups is 3. The number of anilines is 1. The van der Waals surface area contributed by atoms with Gasteiger partial charge in [-0.15, -0.1) is 0 Å². The Morgan fingerprint density at radius 2 is 1.57 bits per heavy atom. The number of benzene rings is 1. The van der Waals surface area contributed by atoms with Crippen LogP contribution in [0.15, 0.2) is 72.4 Å². The van der Waals surface area contributed by atoms with Crippen molar-refractivity contribution in [2.45, 2.75) is 186 Å². The van der Waals surface area contributed by atoms with E-state index in [2.05, 4.69) is 16.0 Å². The molecule has 4 aliphatic heterocycles. The van der Waals surface area contributed by atoms with Crippen LogP contribution in [0, 0.1) is 11.8 Å². The van der Waals surface area contributed by atoms with Crippen molar-refractivity contribution in [3.63, 3.8) is 0 Å². The zero-order valence-corrected chi connectivity index (χ0v) is 48.4. The highest BCUT2D eigenvalue weighted by atomic mass is 16.6. The molecule has 0 radical (unpaired) electrons. The SMILES string of the molecule is CC[C@H](O)C[C@H]1O[C@@H]1CC(C)(O)/C=C/C=C(\C)[C@H]1OC(=O)C[C@H](O)CC[C@@](C)(OC)[C@@H](OC(=O)N2CCN(C(=O)OCc3ccc(NC(=O)[C@H](C)NC(=O)[C@@H](NC(=O)CCCCCN4C(=O)C=CC4=O)C(C)C)cc3)CC2)/C=C/[C@@H]1C. The predicted molar refractivity (Wildman–Crippen MR) is 299 cm³/mol. The number of piperazine rings is 1. The zero-order valence-electron chi connectivity index (χ0n) is 48.4. The minimum Gasteiger partial charge on any atom is -0.457 e. The van der Waals surface area contributed by atoms with Crippen molar-refractivity contribution in [2.75, 3.05) is 45.2 Å². The van der Waals surface area contributed by atoms with Gasteiger partial charge in [0.2, 0.25) is 17.7 Å². The van der Waals surface area contributed by atoms with Crippen LogP contribution in [0.2, 0.25) is 0 Å². The topological polar surface area (TPSA) is 293 Å². The smallest absolute Gasteiger partial charge is 0.410 e. The molecule has 0 aliphatic carbocycles. The number of allylic oxidation sites excluding steroid dienone is 2. The number of hydrogen-bond acceptors (Lipinski definition) is 16. The number of nitrogens with one attached hydrogen (secondary N) is 3. The molecule has 22 heteroatoms. The van der Waals surface area contributed by atoms with Gasteiger partial charge in [0.25, 0.3) is 11.8 Å². The molecule has 0 aromatic heterocycles. The molecular formula is C59H86N6O16. The first-order valence-electron chi connectivity index (χ1n) is 28.2. The molecular weight excluding hydrogens is 1050 g/mol. The third-order valence-corrected chi connectivity index (χ3v) is 15.1. The van der Waals surface area contributed by atoms with Gasteiger partial charge in [0, 0.05) is 82.9 Å². The normalized spacial score (nSPS) is 25.9. The Labute approximate surface area is 475 Å². The van der Waals surface area contributed by atoms with E-state index < -0.39 is 83.6 Å². The predicted octanol–water partition coefficient (Wildman–Crippen LogP) is 5.14. The summed E-state index contributed by atoms with van der Waals surface area (Å²) < 4.78 is 29.3. The maximum absolute atomic E-state index is 13.8. The lowest BCUT2D eigenvalue weighted by atomic mass is 9.88. The number of esters is 1. The van der Waals surface area contributed by atoms with Gasteiger partial charge in [-0.1, -0.05) is 70.6 Å². The summed E-state index contributed by atoms with van der Waals surface area (Å²) in [6, 6.07) is 4.77. The number of aliphatic hydroxyl groups excluding tert-OH is 2. The van der Waals surface area contributed by atoms with Gasteiger partial charge in [0.1, 0.15) is 30.4 Å². The lowest BCUT2D eigenvalue weighted by Crippen LogP contribution is -2.53. The summed E-state index contributed by atoms with van der Waals surface area (Å²) in [5, 5.41) is 40.2. The molecule has 0 bridgehead atoms. The second-order valence-electron chi connectivity index (χ2n) is 22.4. The number of unbranched alkanes of at least 4 members (excludes halogenated alkanes) is 2. The Hall–Kier alpha value is -6.46. The van der Waals surface area contributed by atoms with Crippen LogP contribution in [0.3, 0.4) is 0 Å². The van der Waals surface area contributed by atoms with E-state index in [1.807, 2.05) is 13.8 Å². The molecule has 2 saturated heterocycles. The number of epoxide rings is 1. The van der Waals surface area contributed by atoms with Crippen LogP contribution in [0.4, 0.5) is 15.3 Å². The average molecular weight is 1140 g/mol. The number of cyclic esters (lactones) is 1. The minimum atomic E-state index is -1.20. The van der Waals surface area contributed by atoms with Gasteiger partial charge in [-0.2, -0.15) is 0 Å². The fraction of sp³-hybridized carbons (Fsp3) is 0.627. The summed E-state index contributed by atoms with van der Waals surface area (Å²) in [6.07, 6.45) is 9.73. The quantitative estimate of drug-likeness (QED) is 0.0149. The van der Waals surface area contributed by atoms with Crippen molar-refractivity contribution in [1.82, 2.24) is 25.3 Å². The van der Waals surface area contributed by atoms with E-state index in [0.717, 1.165) is 4.90 Å². The molecule has 4 heterocycles. The Morgan fingerprint density at radius 1 is 0.914 bits per heavy atom. The molecule has 4 aliphatic rings. The lowest BCUT2D eigenvalue weighted by Gasteiger charge is -2.38. The summed E-state index contributed by atoms with van der Waals surface area (Å²) in [4.78, 5) is 107. The summed E-state index contributed by atoms with van der Waals surface area (Å²) in [7, 11) is 1.49. The summed E-state index contributed by atoms with van der Waals surface area (Å²) in [5.41, 5.74) is -0.580. The molecule has 1 aromatic carbocycles. The van der Waals surface area contributed by atoms with Gasteiger partial charge < -0.3 is 64.8 Å². The van der Waals surface area contributed by atoms with Crippen molar-refractivity contribution in [1.29, 1.82) is 0 Å². The molecule has 1 unspecified atom stereocenters. The molecule has 0 saturated carbocycles. The number of amides is 7. The number of ether oxygens (including phenoxy) is 5. The van der Waals surface area contributed by atoms with Crippen molar-refractivity contribution >= 4 is 53.4 Å². The molecule has 22 nitrogen and oxygen atoms in total. The zero-order chi connectivity index (χ0) is 59.6. The second kappa shape index (κ2) is 30.6. The highest BCUT2D eigenvalue weighted by Crippen LogP contribution is 2.35. The van der Waals surface area contributed by atoms with E-state index in [1.54, 1.807) is 89.3 Å². The summed E-state index contributed by atoms with van der Waals surface area (Å²) in [5.74, 6) is -3.35. The van der Waals surface area contributed by atoms with Crippen LogP contribution in [-0.4, -0.2) is 177 Å². The Morgan fingerprint density at radius 3 is 2.20 bits per heavy atom. The van der Waals surface area contributed by atoms with E-state index in [0.29, 0.717) is 55.3 Å². The number of carbonyl (C=O) groups excluding carboxylic acids is 8. The summed E-state index contributed by atoms with van der Waals surface area (Å²) in [6.45, 7) is 14.9. The monoisotopic (exact) mass is 1130 g/mol. The maximum atomic E-state index is 13.8. The lowest BCUT2D eigenvalue weighted by molar-refractivity contribution is -0.151. The molecule has 0 spiro atoms. The van der Waals surface area contributed by atoms with Gasteiger partial charge in [-0.25, -0.2) is 9.59 Å². The number of hydrogen-bond donors (Lipinski definition) is 6. The van der Waals surface area contributed by atoms with Gasteiger partial charge in [-0.3, -0.25) is 33.7 Å². The Kier molecular flexibility index (Phi) is 24.7. The largest absolute Gasteiger partial charge is 0.457 e. The van der Waals surface area contributed by atoms with E-state index >= 15 is 0 Å². The average Bonchev–Trinajstić information content (AvgIpc) is 4.07. The molecule has 1 aromatic rings. The van der Waals surface area contributed by atoms with Crippen molar-refractivity contribution in [3.8, 4) is 0 Å². The van der Waals surface area contributed by atoms with Crippen LogP contribution in [-0.2, 0) is 59.1 Å². The number of carbonyl (C=O) groups is 8. The fourth-order valence-corrected chi connectivity index (χ4v) is 9.59. The molecule has 448 valence electrons. The van der Waals surface area contributed by atoms with Crippen LogP contribution < -0.4 is 16.0 Å². The standard InChI is InChI=1S/C59H86N6O16/c1-10-43(66)33-45-46(79-45)35-58(7,76)26-14-15-38(4)53-39(5)17-22-47(59(8,77-9)27-25-44(67)34-51(71)81-53)80-57(75)64-31-29-63(30-32-64)56(74)78-36-41-18-20-42(21-19-41)61-54(72)40(6)60-55(73)52(37(2)3)62-48(68)16-12-11-13-28-65-49(69)23-24-50(65)70/h14-15,17-24,26,37,39-40,43-47,52-53,66-67,76H,10-13,16,25,27-36H2,1-9H3,(H,60,73)(H,61,72)(H,62,68)/b22-17+,26-14+,38-15+/t39-,40-,43-,44+,45+,46+,47-,52-,53+,58?,59+/m0/s1. The second-order valence-corrected chi connectivity index (χ2v) is 22.4. The number of methoxy groups -OCH3 is 1. The van der Waals surface area contributed by atoms with Crippen LogP contribution in [0.1, 0.15) is 125 Å². The van der Waals surface area contributed by atoms with E-state index in [1.165, 1.54) is 36.0 Å². The van der Waals surface area contributed by atoms with Gasteiger partial charge in [-0.05, 0) is 95.1 Å². The minimum absolute atomic E-state index is 0.0732. The maximum Gasteiger partial charge on any atom is 0.410 e. The molecule has 5 rings (SSSR count). The van der Waals surface area contributed by atoms with Crippen LogP contribution in [0.25, 0.3) is 0 Å². The highest BCUT2D eigenvalue weighted by Gasteiger charge is 2.43. The molecule has 2 fully saturated rings. The third-order valence-electron chi connectivity index (χ3n) is 15.1. The van der Waals surface area contributed by atoms with Crippen molar-refractivity contribution in [2.24, 2.45) is 11.8 Å². The number of imide groups is 1. The molecule has 6 N–H and O–H groups in total. The summed E-state index contributed by atoms with van der Waals surface area (Å²) >= 11 is 0. The van der Waals surface area contributed by atoms with E-state index in [9.17, 15) is 53.7 Å². The highest BCUT2D eigenvalue weighted by molar-refractivity contribution is 6.12. The first-order valence-corrected chi connectivity index (χ1v) is 28.2. The molecule has 81 heavy (non-hydrogen) atoms. The first-order chi connectivity index (χ1) is 38.3. The molecule has 11 atom stereocenters. The Balaban J connectivity index is 1.07. The van der Waals surface area contributed by atoms with E-state index in [4.69, 9.17) is 23.7 Å². The number of nitrogens with zero attached hydrogens (tertiary/aromatic N) is 3. The Bertz CT molecular complexity index is 2450. The van der Waals surface area contributed by atoms with Gasteiger partial charge in [0.05, 0.1) is 36.4 Å². The fourth-order valence-electron chi connectivity index (χ4n) is 9.59. The van der Waals surface area contributed by atoms with Gasteiger partial charge in [0.15, 0.2) is 6.10 Å². The van der Waals surface area contributed by atoms with E-state index in [-0.39, 0.29) is 101 Å². The first kappa shape index (κ1) is 65.4. The molecule has 7 amide bonds. The number of rotatable bonds is 24.